The van der Waals surface area contributed by atoms with Crippen LogP contribution in [0.5, 0.6) is 0 Å². The van der Waals surface area contributed by atoms with Crippen molar-refractivity contribution in [1.82, 2.24) is 15.2 Å². The van der Waals surface area contributed by atoms with Gasteiger partial charge in [-0.2, -0.15) is 0 Å². The van der Waals surface area contributed by atoms with Crippen molar-refractivity contribution in [2.45, 2.75) is 26.4 Å². The zero-order valence-electron chi connectivity index (χ0n) is 12.0. The van der Waals surface area contributed by atoms with Gasteiger partial charge in [-0.15, -0.1) is 0 Å². The molecule has 1 N–H and O–H groups in total. The Kier molecular flexibility index (Phi) is 3.92. The Morgan fingerprint density at radius 2 is 2.20 bits per heavy atom. The molecule has 1 unspecified atom stereocenters. The lowest BCUT2D eigenvalue weighted by Crippen LogP contribution is -2.49. The first-order valence-corrected chi connectivity index (χ1v) is 7.53. The van der Waals surface area contributed by atoms with Gasteiger partial charge < -0.3 is 5.32 Å². The monoisotopic (exact) mass is 289 g/mol. The number of aryl methyl sites for hydroxylation is 1. The summed E-state index contributed by atoms with van der Waals surface area (Å²) in [4.78, 5) is 7.21. The fourth-order valence-corrected chi connectivity index (χ4v) is 3.04. The smallest absolute Gasteiger partial charge is 0.0740 e. The fraction of sp³-hybridized carbons (Fsp3) is 0.438. The predicted molar refractivity (Wildman–Crippen MR) is 84.2 cm³/mol. The van der Waals surface area contributed by atoms with Crippen LogP contribution in [0.25, 0.3) is 10.9 Å². The number of para-hydroxylation sites is 1. The number of pyridine rings is 1. The van der Waals surface area contributed by atoms with E-state index < -0.39 is 0 Å². The molecule has 1 aliphatic heterocycles. The minimum Gasteiger partial charge on any atom is -0.314 e. The summed E-state index contributed by atoms with van der Waals surface area (Å²) in [5, 5.41) is 5.37. The summed E-state index contributed by atoms with van der Waals surface area (Å²) in [5.41, 5.74) is 3.17. The molecule has 4 heteroatoms. The molecule has 2 aromatic rings. The maximum atomic E-state index is 6.53. The Bertz CT molecular complexity index is 626. The lowest BCUT2D eigenvalue weighted by atomic mass is 10.1. The van der Waals surface area contributed by atoms with E-state index in [0.717, 1.165) is 53.4 Å². The number of hydrogen-bond donors (Lipinski definition) is 1. The van der Waals surface area contributed by atoms with Gasteiger partial charge in [0.15, 0.2) is 0 Å². The molecule has 1 aromatic carbocycles. The number of nitrogens with zero attached hydrogens (tertiary/aromatic N) is 2. The van der Waals surface area contributed by atoms with Crippen molar-refractivity contribution < 1.29 is 0 Å². The molecule has 0 aliphatic carbocycles. The van der Waals surface area contributed by atoms with Gasteiger partial charge in [0, 0.05) is 37.6 Å². The van der Waals surface area contributed by atoms with Gasteiger partial charge in [-0.05, 0) is 25.5 Å². The molecule has 3 rings (SSSR count). The van der Waals surface area contributed by atoms with E-state index in [2.05, 4.69) is 36.2 Å². The van der Waals surface area contributed by atoms with Crippen molar-refractivity contribution in [3.8, 4) is 0 Å². The van der Waals surface area contributed by atoms with Gasteiger partial charge in [0.25, 0.3) is 0 Å². The summed E-state index contributed by atoms with van der Waals surface area (Å²) in [6.45, 7) is 8.27. The summed E-state index contributed by atoms with van der Waals surface area (Å²) in [5.74, 6) is 0. The van der Waals surface area contributed by atoms with E-state index in [1.807, 2.05) is 12.1 Å². The second-order valence-corrected chi connectivity index (χ2v) is 5.92. The summed E-state index contributed by atoms with van der Waals surface area (Å²) >= 11 is 6.53. The van der Waals surface area contributed by atoms with Gasteiger partial charge in [0.05, 0.1) is 16.2 Å². The maximum Gasteiger partial charge on any atom is 0.0740 e. The number of piperazine rings is 1. The van der Waals surface area contributed by atoms with Gasteiger partial charge in [0.1, 0.15) is 0 Å². The minimum atomic E-state index is 0.522. The molecule has 0 saturated carbocycles. The van der Waals surface area contributed by atoms with Crippen LogP contribution in [0.3, 0.4) is 0 Å². The molecule has 2 heterocycles. The van der Waals surface area contributed by atoms with Crippen molar-refractivity contribution >= 4 is 22.5 Å². The molecule has 20 heavy (non-hydrogen) atoms. The highest BCUT2D eigenvalue weighted by Gasteiger charge is 2.20. The Morgan fingerprint density at radius 3 is 3.00 bits per heavy atom. The first-order valence-electron chi connectivity index (χ1n) is 7.15. The van der Waals surface area contributed by atoms with Crippen LogP contribution in [0, 0.1) is 6.92 Å². The first kappa shape index (κ1) is 13.8. The Balaban J connectivity index is 1.97. The fourth-order valence-electron chi connectivity index (χ4n) is 2.83. The van der Waals surface area contributed by atoms with E-state index in [4.69, 9.17) is 16.6 Å². The van der Waals surface area contributed by atoms with Gasteiger partial charge >= 0.3 is 0 Å². The minimum absolute atomic E-state index is 0.522. The number of fused-ring (bicyclic) bond motifs is 1. The van der Waals surface area contributed by atoms with Gasteiger partial charge in [-0.1, -0.05) is 29.8 Å². The molecule has 3 nitrogen and oxygen atoms in total. The number of rotatable bonds is 2. The number of aromatic nitrogens is 1. The van der Waals surface area contributed by atoms with E-state index in [1.54, 1.807) is 0 Å². The highest BCUT2D eigenvalue weighted by Crippen LogP contribution is 2.28. The summed E-state index contributed by atoms with van der Waals surface area (Å²) in [6, 6.07) is 8.73. The van der Waals surface area contributed by atoms with Crippen LogP contribution in [0.1, 0.15) is 18.2 Å². The highest BCUT2D eigenvalue weighted by molar-refractivity contribution is 6.32. The van der Waals surface area contributed by atoms with Crippen molar-refractivity contribution in [3.63, 3.8) is 0 Å². The molecule has 0 radical (unpaired) electrons. The number of benzene rings is 1. The van der Waals surface area contributed by atoms with Crippen LogP contribution < -0.4 is 5.32 Å². The third-order valence-corrected chi connectivity index (χ3v) is 4.64. The van der Waals surface area contributed by atoms with Crippen LogP contribution in [-0.2, 0) is 6.54 Å². The quantitative estimate of drug-likeness (QED) is 0.921. The van der Waals surface area contributed by atoms with Crippen LogP contribution in [-0.4, -0.2) is 35.6 Å². The molecule has 1 fully saturated rings. The van der Waals surface area contributed by atoms with Gasteiger partial charge in [-0.3, -0.25) is 4.90 Å². The molecule has 1 saturated heterocycles. The van der Waals surface area contributed by atoms with Crippen LogP contribution in [0.2, 0.25) is 5.02 Å². The third kappa shape index (κ3) is 2.53. The second-order valence-electron chi connectivity index (χ2n) is 5.54. The van der Waals surface area contributed by atoms with E-state index in [0.29, 0.717) is 6.04 Å². The normalized spacial score (nSPS) is 20.4. The summed E-state index contributed by atoms with van der Waals surface area (Å²) in [6.07, 6.45) is 0. The van der Waals surface area contributed by atoms with Gasteiger partial charge in [0.2, 0.25) is 0 Å². The van der Waals surface area contributed by atoms with Crippen molar-refractivity contribution in [3.05, 3.63) is 40.5 Å². The molecule has 1 aromatic heterocycles. The average molecular weight is 290 g/mol. The number of halogens is 1. The summed E-state index contributed by atoms with van der Waals surface area (Å²) in [7, 11) is 0. The SMILES string of the molecule is Cc1c(Cl)c(CN2CCNCC2C)nc2ccccc12. The first-order chi connectivity index (χ1) is 9.66. The molecule has 0 bridgehead atoms. The number of nitrogens with one attached hydrogen (secondary N) is 1. The van der Waals surface area contributed by atoms with E-state index in [-0.39, 0.29) is 0 Å². The topological polar surface area (TPSA) is 28.2 Å². The highest BCUT2D eigenvalue weighted by atomic mass is 35.5. The molecule has 106 valence electrons. The molecule has 1 atom stereocenters. The van der Waals surface area contributed by atoms with Crippen LogP contribution in [0.4, 0.5) is 0 Å². The average Bonchev–Trinajstić information content (AvgIpc) is 2.47. The standard InChI is InChI=1S/C16H20ClN3/c1-11-9-18-7-8-20(11)10-15-16(17)12(2)13-5-3-4-6-14(13)19-15/h3-6,11,18H,7-10H2,1-2H3. The van der Waals surface area contributed by atoms with Gasteiger partial charge in [-0.25, -0.2) is 4.98 Å². The zero-order valence-corrected chi connectivity index (χ0v) is 12.7. The van der Waals surface area contributed by atoms with E-state index in [9.17, 15) is 0 Å². The summed E-state index contributed by atoms with van der Waals surface area (Å²) < 4.78 is 0. The molecular formula is C16H20ClN3. The lowest BCUT2D eigenvalue weighted by Gasteiger charge is -2.33. The second kappa shape index (κ2) is 5.68. The molecule has 0 spiro atoms. The van der Waals surface area contributed by atoms with Crippen LogP contribution >= 0.6 is 11.6 Å². The molecule has 1 aliphatic rings. The molecule has 0 amide bonds. The van der Waals surface area contributed by atoms with E-state index in [1.165, 1.54) is 0 Å². The largest absolute Gasteiger partial charge is 0.314 e. The van der Waals surface area contributed by atoms with Crippen molar-refractivity contribution in [1.29, 1.82) is 0 Å². The van der Waals surface area contributed by atoms with Crippen LogP contribution in [0.15, 0.2) is 24.3 Å². The Labute approximate surface area is 124 Å². The number of hydrogen-bond acceptors (Lipinski definition) is 3. The molecular weight excluding hydrogens is 270 g/mol. The van der Waals surface area contributed by atoms with Crippen molar-refractivity contribution in [2.75, 3.05) is 19.6 Å². The Morgan fingerprint density at radius 1 is 1.40 bits per heavy atom. The van der Waals surface area contributed by atoms with Crippen molar-refractivity contribution in [2.24, 2.45) is 0 Å². The maximum absolute atomic E-state index is 6.53. The lowest BCUT2D eigenvalue weighted by molar-refractivity contribution is 0.164. The van der Waals surface area contributed by atoms with E-state index >= 15 is 0 Å². The third-order valence-electron chi connectivity index (χ3n) is 4.14. The zero-order chi connectivity index (χ0) is 14.1. The Hall–Kier alpha value is -1.16. The predicted octanol–water partition coefficient (Wildman–Crippen LogP) is 2.99.